The fourth-order valence-corrected chi connectivity index (χ4v) is 3.45. The number of thiocarbonyl (C=S) groups is 1. The Labute approximate surface area is 145 Å². The average Bonchev–Trinajstić information content (AvgIpc) is 3.22. The van der Waals surface area contributed by atoms with Crippen molar-refractivity contribution in [2.45, 2.75) is 44.2 Å². The Bertz CT molecular complexity index is 739. The van der Waals surface area contributed by atoms with E-state index >= 15 is 0 Å². The van der Waals surface area contributed by atoms with Crippen LogP contribution in [0.3, 0.4) is 0 Å². The molecule has 0 radical (unpaired) electrons. The summed E-state index contributed by atoms with van der Waals surface area (Å²) in [6.07, 6.45) is 4.60. The zero-order valence-electron chi connectivity index (χ0n) is 13.4. The molecule has 0 amide bonds. The van der Waals surface area contributed by atoms with Crippen LogP contribution >= 0.6 is 12.2 Å². The number of aromatic nitrogens is 2. The minimum atomic E-state index is -0.819. The summed E-state index contributed by atoms with van der Waals surface area (Å²) in [7, 11) is 0. The summed E-state index contributed by atoms with van der Waals surface area (Å²) in [5, 5.41) is 1.50. The van der Waals surface area contributed by atoms with E-state index in [4.69, 9.17) is 17.0 Å². The molecule has 2 aromatic rings. The van der Waals surface area contributed by atoms with Gasteiger partial charge in [-0.15, -0.1) is 0 Å². The molecular weight excluding hydrogens is 327 g/mol. The highest BCUT2D eigenvalue weighted by Gasteiger charge is 2.37. The van der Waals surface area contributed by atoms with Crippen molar-refractivity contribution in [3.05, 3.63) is 53.9 Å². The van der Waals surface area contributed by atoms with Crippen LogP contribution < -0.4 is 0 Å². The van der Waals surface area contributed by atoms with Crippen molar-refractivity contribution in [2.75, 3.05) is 0 Å². The van der Waals surface area contributed by atoms with Gasteiger partial charge in [0.1, 0.15) is 5.60 Å². The molecular formula is C18H19FN2O2S. The Hall–Kier alpha value is -2.08. The van der Waals surface area contributed by atoms with Gasteiger partial charge in [-0.05, 0) is 38.2 Å². The van der Waals surface area contributed by atoms with E-state index in [1.807, 2.05) is 37.3 Å². The Morgan fingerprint density at radius 3 is 2.67 bits per heavy atom. The van der Waals surface area contributed by atoms with Gasteiger partial charge in [-0.25, -0.2) is 9.78 Å². The molecule has 0 bridgehead atoms. The quantitative estimate of drug-likeness (QED) is 0.604. The van der Waals surface area contributed by atoms with Gasteiger partial charge in [-0.2, -0.15) is 4.39 Å². The van der Waals surface area contributed by atoms with Crippen LogP contribution in [0.5, 0.6) is 0 Å². The molecule has 1 aliphatic carbocycles. The SMILES string of the molecule is C[C@H](c1ccccc1)n1cnc(F)c1C(=O)OC1(C=S)CCCC1. The molecule has 1 atom stereocenters. The van der Waals surface area contributed by atoms with Gasteiger partial charge < -0.3 is 9.30 Å². The highest BCUT2D eigenvalue weighted by molar-refractivity contribution is 7.79. The second-order valence-corrected chi connectivity index (χ2v) is 6.39. The molecule has 6 heteroatoms. The third-order valence-corrected chi connectivity index (χ3v) is 5.03. The molecule has 1 aliphatic rings. The van der Waals surface area contributed by atoms with Crippen molar-refractivity contribution in [1.29, 1.82) is 0 Å². The largest absolute Gasteiger partial charge is 0.449 e. The van der Waals surface area contributed by atoms with Gasteiger partial charge >= 0.3 is 5.97 Å². The van der Waals surface area contributed by atoms with Crippen molar-refractivity contribution >= 4 is 23.6 Å². The predicted octanol–water partition coefficient (Wildman–Crippen LogP) is 4.10. The summed E-state index contributed by atoms with van der Waals surface area (Å²) in [6, 6.07) is 9.31. The van der Waals surface area contributed by atoms with Crippen molar-refractivity contribution in [3.8, 4) is 0 Å². The maximum Gasteiger partial charge on any atom is 0.360 e. The summed E-state index contributed by atoms with van der Waals surface area (Å²) < 4.78 is 21.3. The first-order valence-electron chi connectivity index (χ1n) is 8.03. The van der Waals surface area contributed by atoms with Crippen LogP contribution in [-0.4, -0.2) is 26.5 Å². The molecule has 1 fully saturated rings. The molecule has 0 unspecified atom stereocenters. The number of imidazole rings is 1. The normalized spacial score (nSPS) is 17.4. The molecule has 24 heavy (non-hydrogen) atoms. The maximum atomic E-state index is 14.2. The molecule has 4 nitrogen and oxygen atoms in total. The lowest BCUT2D eigenvalue weighted by Crippen LogP contribution is -2.34. The first-order valence-corrected chi connectivity index (χ1v) is 8.50. The van der Waals surface area contributed by atoms with Gasteiger partial charge in [0.25, 0.3) is 0 Å². The van der Waals surface area contributed by atoms with E-state index in [1.165, 1.54) is 16.3 Å². The van der Waals surface area contributed by atoms with Crippen LogP contribution in [0.25, 0.3) is 0 Å². The lowest BCUT2D eigenvalue weighted by molar-refractivity contribution is 0.0145. The number of halogens is 1. The zero-order valence-corrected chi connectivity index (χ0v) is 14.3. The van der Waals surface area contributed by atoms with Gasteiger partial charge in [0.2, 0.25) is 5.95 Å². The number of carbonyl (C=O) groups excluding carboxylic acids is 1. The van der Waals surface area contributed by atoms with Crippen molar-refractivity contribution in [2.24, 2.45) is 0 Å². The average molecular weight is 346 g/mol. The summed E-state index contributed by atoms with van der Waals surface area (Å²) >= 11 is 5.05. The van der Waals surface area contributed by atoms with Crippen LogP contribution in [0, 0.1) is 5.95 Å². The minimum absolute atomic E-state index is 0.158. The molecule has 1 aromatic heterocycles. The molecule has 0 aliphatic heterocycles. The Morgan fingerprint density at radius 1 is 1.38 bits per heavy atom. The summed E-state index contributed by atoms with van der Waals surface area (Å²) in [6.45, 7) is 1.89. The maximum absolute atomic E-state index is 14.2. The van der Waals surface area contributed by atoms with E-state index in [1.54, 1.807) is 0 Å². The number of nitrogens with zero attached hydrogens (tertiary/aromatic N) is 2. The lowest BCUT2D eigenvalue weighted by Gasteiger charge is -2.25. The number of benzene rings is 1. The van der Waals surface area contributed by atoms with Gasteiger partial charge in [0.05, 0.1) is 12.4 Å². The Kier molecular flexibility index (Phi) is 4.76. The van der Waals surface area contributed by atoms with Crippen LogP contribution in [-0.2, 0) is 4.74 Å². The Balaban J connectivity index is 1.90. The lowest BCUT2D eigenvalue weighted by atomic mass is 10.1. The monoisotopic (exact) mass is 346 g/mol. The van der Waals surface area contributed by atoms with E-state index in [0.29, 0.717) is 12.8 Å². The van der Waals surface area contributed by atoms with Crippen molar-refractivity contribution in [3.63, 3.8) is 0 Å². The molecule has 0 saturated heterocycles. The third-order valence-electron chi connectivity index (χ3n) is 4.60. The fourth-order valence-electron chi connectivity index (χ4n) is 3.16. The molecule has 1 aromatic carbocycles. The topological polar surface area (TPSA) is 44.1 Å². The van der Waals surface area contributed by atoms with Crippen LogP contribution in [0.15, 0.2) is 36.7 Å². The van der Waals surface area contributed by atoms with Gasteiger partial charge in [-0.3, -0.25) is 0 Å². The first-order chi connectivity index (χ1) is 11.6. The van der Waals surface area contributed by atoms with Gasteiger partial charge in [0.15, 0.2) is 5.69 Å². The van der Waals surface area contributed by atoms with E-state index < -0.39 is 17.5 Å². The number of carbonyl (C=O) groups is 1. The van der Waals surface area contributed by atoms with E-state index in [2.05, 4.69) is 4.98 Å². The highest BCUT2D eigenvalue weighted by Crippen LogP contribution is 2.33. The number of rotatable bonds is 5. The summed E-state index contributed by atoms with van der Waals surface area (Å²) in [5.74, 6) is -1.53. The molecule has 0 spiro atoms. The second kappa shape index (κ2) is 6.81. The molecule has 1 saturated carbocycles. The number of hydrogen-bond donors (Lipinski definition) is 0. The third kappa shape index (κ3) is 3.11. The number of esters is 1. The van der Waals surface area contributed by atoms with E-state index in [-0.39, 0.29) is 11.7 Å². The first kappa shape index (κ1) is 16.8. The number of ether oxygens (including phenoxy) is 1. The molecule has 126 valence electrons. The predicted molar refractivity (Wildman–Crippen MR) is 92.7 cm³/mol. The molecule has 3 rings (SSSR count). The summed E-state index contributed by atoms with van der Waals surface area (Å²) in [4.78, 5) is 16.3. The standard InChI is InChI=1S/C18H19FN2O2S/c1-13(14-7-3-2-4-8-14)21-12-20-16(19)15(21)17(22)23-18(11-24)9-5-6-10-18/h2-4,7-8,11-13H,5-6,9-10H2,1H3/t13-/m1/s1. The van der Waals surface area contributed by atoms with Crippen LogP contribution in [0.1, 0.15) is 54.7 Å². The minimum Gasteiger partial charge on any atom is -0.449 e. The smallest absolute Gasteiger partial charge is 0.360 e. The Morgan fingerprint density at radius 2 is 2.04 bits per heavy atom. The zero-order chi connectivity index (χ0) is 17.2. The van der Waals surface area contributed by atoms with Gasteiger partial charge in [-0.1, -0.05) is 42.5 Å². The van der Waals surface area contributed by atoms with Crippen LogP contribution in [0.4, 0.5) is 4.39 Å². The second-order valence-electron chi connectivity index (χ2n) is 6.16. The fraction of sp³-hybridized carbons (Fsp3) is 0.389. The van der Waals surface area contributed by atoms with Crippen LogP contribution in [0.2, 0.25) is 0 Å². The number of hydrogen-bond acceptors (Lipinski definition) is 4. The van der Waals surface area contributed by atoms with Crippen molar-refractivity contribution in [1.82, 2.24) is 9.55 Å². The van der Waals surface area contributed by atoms with Crippen molar-refractivity contribution < 1.29 is 13.9 Å². The van der Waals surface area contributed by atoms with E-state index in [0.717, 1.165) is 18.4 Å². The summed E-state index contributed by atoms with van der Waals surface area (Å²) in [5.41, 5.74) is 0.0352. The van der Waals surface area contributed by atoms with E-state index in [9.17, 15) is 9.18 Å². The molecule has 0 N–H and O–H groups in total. The molecule has 1 heterocycles. The highest BCUT2D eigenvalue weighted by atomic mass is 32.1. The van der Waals surface area contributed by atoms with Gasteiger partial charge in [0, 0.05) is 5.37 Å².